The Morgan fingerprint density at radius 1 is 0.667 bits per heavy atom. The fourth-order valence-corrected chi connectivity index (χ4v) is 0.492. The molecule has 0 fully saturated rings. The third-order valence-corrected chi connectivity index (χ3v) is 1.38. The highest BCUT2D eigenvalue weighted by Crippen LogP contribution is 2.52. The van der Waals surface area contributed by atoms with Crippen molar-refractivity contribution in [2.75, 3.05) is 12.0 Å². The summed E-state index contributed by atoms with van der Waals surface area (Å²) in [5.74, 6) is -19.9. The summed E-state index contributed by atoms with van der Waals surface area (Å²) < 4.78 is 117. The molecule has 0 aromatic heterocycles. The van der Waals surface area contributed by atoms with Crippen LogP contribution in [-0.4, -0.2) is 36.0 Å². The van der Waals surface area contributed by atoms with Crippen molar-refractivity contribution >= 4 is 23.2 Å². The summed E-state index contributed by atoms with van der Waals surface area (Å²) >= 11 is 9.53. The normalized spacial score (nSPS) is 14.0. The molecule has 0 aliphatic rings. The number of hydrogen-bond donors (Lipinski definition) is 0. The summed E-state index contributed by atoms with van der Waals surface area (Å²) in [6.45, 7) is -3.33. The van der Waals surface area contributed by atoms with Crippen LogP contribution in [0.4, 0.5) is 43.9 Å². The predicted octanol–water partition coefficient (Wildman–Crippen LogP) is 4.85. The lowest BCUT2D eigenvalue weighted by Crippen LogP contribution is -2.61. The van der Waals surface area contributed by atoms with Gasteiger partial charge in [-0.25, -0.2) is 4.39 Å². The number of hydrogen-bond acceptors (Lipinski definition) is 0. The lowest BCUT2D eigenvalue weighted by atomic mass is 10.1. The molecule has 0 radical (unpaired) electrons. The molecule has 0 aromatic carbocycles. The van der Waals surface area contributed by atoms with E-state index < -0.39 is 30.6 Å². The molecule has 0 aliphatic carbocycles. The average Bonchev–Trinajstić information content (AvgIpc) is 2.16. The Labute approximate surface area is 104 Å². The maximum Gasteiger partial charge on any atom is 0.460 e. The van der Waals surface area contributed by atoms with E-state index in [2.05, 4.69) is 0 Å². The molecular weight excluding hydrogens is 333 g/mol. The minimum absolute atomic E-state index is 0.194. The van der Waals surface area contributed by atoms with Gasteiger partial charge in [0.05, 0.1) is 5.34 Å². The van der Waals surface area contributed by atoms with Crippen LogP contribution in [-0.2, 0) is 0 Å². The van der Waals surface area contributed by atoms with E-state index in [1.807, 2.05) is 0 Å². The van der Waals surface area contributed by atoms with Crippen molar-refractivity contribution in [3.63, 3.8) is 0 Å². The highest BCUT2D eigenvalue weighted by atomic mass is 35.5. The van der Waals surface area contributed by atoms with Crippen LogP contribution in [0.1, 0.15) is 0 Å². The minimum Gasteiger partial charge on any atom is -0.244 e. The van der Waals surface area contributed by atoms with Gasteiger partial charge in [0, 0.05) is 0 Å². The standard InChI is InChI=1S/C5H2F10.CH2Cl2/c6-1-2(7,8)3(9,10)4(11,12)5(13,14)15;2-1-3/h1H2;1H2. The van der Waals surface area contributed by atoms with E-state index in [4.69, 9.17) is 23.2 Å². The second-order valence-electron chi connectivity index (χ2n) is 2.59. The lowest BCUT2D eigenvalue weighted by Gasteiger charge is -2.32. The Morgan fingerprint density at radius 2 is 0.944 bits per heavy atom. The molecular formula is C6H4Cl2F10. The summed E-state index contributed by atoms with van der Waals surface area (Å²) in [5.41, 5.74) is 0. The largest absolute Gasteiger partial charge is 0.460 e. The van der Waals surface area contributed by atoms with Crippen LogP contribution in [0.15, 0.2) is 0 Å². The third-order valence-electron chi connectivity index (χ3n) is 1.38. The van der Waals surface area contributed by atoms with Gasteiger partial charge in [0.1, 0.15) is 0 Å². The smallest absolute Gasteiger partial charge is 0.244 e. The molecule has 0 rings (SSSR count). The fraction of sp³-hybridized carbons (Fsp3) is 1.00. The van der Waals surface area contributed by atoms with Crippen LogP contribution in [0.2, 0.25) is 0 Å². The zero-order valence-electron chi connectivity index (χ0n) is 7.95. The SMILES string of the molecule is ClCCl.FCC(F)(F)C(F)(F)C(F)(F)C(F)(F)F. The first kappa shape index (κ1) is 20.2. The molecule has 112 valence electrons. The Kier molecular flexibility index (Phi) is 7.13. The summed E-state index contributed by atoms with van der Waals surface area (Å²) in [4.78, 5) is 0. The van der Waals surface area contributed by atoms with Crippen molar-refractivity contribution in [1.29, 1.82) is 0 Å². The van der Waals surface area contributed by atoms with Crippen molar-refractivity contribution in [2.45, 2.75) is 23.9 Å². The molecule has 12 heteroatoms. The van der Waals surface area contributed by atoms with E-state index in [0.29, 0.717) is 0 Å². The number of rotatable bonds is 3. The molecule has 0 aromatic rings. The highest BCUT2D eigenvalue weighted by molar-refractivity contribution is 6.40. The predicted molar refractivity (Wildman–Crippen MR) is 43.4 cm³/mol. The Balaban J connectivity index is 0. The van der Waals surface area contributed by atoms with Gasteiger partial charge in [-0.2, -0.15) is 39.5 Å². The molecule has 0 bridgehead atoms. The first-order chi connectivity index (χ1) is 7.72. The zero-order chi connectivity index (χ0) is 15.4. The quantitative estimate of drug-likeness (QED) is 0.510. The van der Waals surface area contributed by atoms with Gasteiger partial charge in [-0.05, 0) is 0 Å². The van der Waals surface area contributed by atoms with E-state index in [-0.39, 0.29) is 5.34 Å². The van der Waals surface area contributed by atoms with E-state index >= 15 is 0 Å². The molecule has 0 aliphatic heterocycles. The fourth-order valence-electron chi connectivity index (χ4n) is 0.492. The van der Waals surface area contributed by atoms with Crippen LogP contribution in [0.25, 0.3) is 0 Å². The summed E-state index contributed by atoms with van der Waals surface area (Å²) in [6, 6.07) is 0. The third kappa shape index (κ3) is 3.94. The van der Waals surface area contributed by atoms with Gasteiger partial charge in [0.2, 0.25) is 0 Å². The van der Waals surface area contributed by atoms with Gasteiger partial charge in [0.15, 0.2) is 6.67 Å². The van der Waals surface area contributed by atoms with Gasteiger partial charge in [0.25, 0.3) is 0 Å². The molecule has 0 saturated heterocycles. The lowest BCUT2D eigenvalue weighted by molar-refractivity contribution is -0.397. The maximum atomic E-state index is 12.0. The highest BCUT2D eigenvalue weighted by Gasteiger charge is 2.81. The van der Waals surface area contributed by atoms with Gasteiger partial charge < -0.3 is 0 Å². The van der Waals surface area contributed by atoms with Crippen molar-refractivity contribution < 1.29 is 43.9 Å². The van der Waals surface area contributed by atoms with Crippen molar-refractivity contribution in [2.24, 2.45) is 0 Å². The average molecular weight is 337 g/mol. The second-order valence-corrected chi connectivity index (χ2v) is 3.39. The van der Waals surface area contributed by atoms with Crippen LogP contribution < -0.4 is 0 Å². The molecule has 0 N–H and O–H groups in total. The topological polar surface area (TPSA) is 0 Å². The van der Waals surface area contributed by atoms with Gasteiger partial charge in [-0.1, -0.05) is 0 Å². The minimum atomic E-state index is -7.00. The van der Waals surface area contributed by atoms with E-state index in [1.165, 1.54) is 0 Å². The summed E-state index contributed by atoms with van der Waals surface area (Å²) in [6.07, 6.45) is -6.89. The Bertz CT molecular complexity index is 247. The Morgan fingerprint density at radius 3 is 1.11 bits per heavy atom. The molecule has 0 amide bonds. The first-order valence-corrected chi connectivity index (χ1v) is 4.68. The maximum absolute atomic E-state index is 12.0. The van der Waals surface area contributed by atoms with E-state index in [1.54, 1.807) is 0 Å². The monoisotopic (exact) mass is 336 g/mol. The van der Waals surface area contributed by atoms with Crippen molar-refractivity contribution in [1.82, 2.24) is 0 Å². The molecule has 18 heavy (non-hydrogen) atoms. The molecule has 0 atom stereocenters. The number of halogens is 12. The Hall–Kier alpha value is -0.120. The van der Waals surface area contributed by atoms with E-state index in [9.17, 15) is 43.9 Å². The molecule has 0 nitrogen and oxygen atoms in total. The first-order valence-electron chi connectivity index (χ1n) is 3.61. The molecule has 0 saturated carbocycles. The van der Waals surface area contributed by atoms with Crippen LogP contribution in [0.5, 0.6) is 0 Å². The molecule has 0 spiro atoms. The summed E-state index contributed by atoms with van der Waals surface area (Å²) in [7, 11) is 0. The molecule has 0 unspecified atom stereocenters. The van der Waals surface area contributed by atoms with Gasteiger partial charge >= 0.3 is 23.9 Å². The second kappa shape index (κ2) is 6.36. The van der Waals surface area contributed by atoms with Crippen LogP contribution in [0.3, 0.4) is 0 Å². The van der Waals surface area contributed by atoms with Gasteiger partial charge in [-0.15, -0.1) is 23.2 Å². The number of alkyl halides is 12. The van der Waals surface area contributed by atoms with Crippen LogP contribution >= 0.6 is 23.2 Å². The molecule has 0 heterocycles. The van der Waals surface area contributed by atoms with Crippen LogP contribution in [0, 0.1) is 0 Å². The van der Waals surface area contributed by atoms with Crippen molar-refractivity contribution in [3.8, 4) is 0 Å². The van der Waals surface area contributed by atoms with Crippen molar-refractivity contribution in [3.05, 3.63) is 0 Å². The van der Waals surface area contributed by atoms with Gasteiger partial charge in [-0.3, -0.25) is 0 Å². The zero-order valence-corrected chi connectivity index (χ0v) is 9.46. The van der Waals surface area contributed by atoms with E-state index in [0.717, 1.165) is 0 Å². The summed E-state index contributed by atoms with van der Waals surface area (Å²) in [5, 5.41) is 0.194.